The third-order valence-corrected chi connectivity index (χ3v) is 14.2. The molecule has 2 heterocycles. The Morgan fingerprint density at radius 1 is 0.462 bits per heavy atom. The van der Waals surface area contributed by atoms with Gasteiger partial charge in [0.25, 0.3) is 0 Å². The molecule has 2 saturated heterocycles. The summed E-state index contributed by atoms with van der Waals surface area (Å²) in [5.41, 5.74) is 11.0. The van der Waals surface area contributed by atoms with E-state index in [1.54, 1.807) is 0 Å². The fraction of sp³-hybridized carbons (Fsp3) is 0.731. The van der Waals surface area contributed by atoms with E-state index in [0.29, 0.717) is 0 Å². The summed E-state index contributed by atoms with van der Waals surface area (Å²) in [5.74, 6) is -16.4. The molecule has 20 unspecified atom stereocenters. The number of amides is 9. The van der Waals surface area contributed by atoms with Gasteiger partial charge in [0.05, 0.1) is 19.3 Å². The molecule has 23 N–H and O–H groups in total. The van der Waals surface area contributed by atoms with Crippen LogP contribution < -0.4 is 59.3 Å². The molecule has 91 heavy (non-hydrogen) atoms. The zero-order valence-electron chi connectivity index (χ0n) is 50.5. The Morgan fingerprint density at radius 2 is 0.879 bits per heavy atom. The minimum absolute atomic E-state index is 0.135. The van der Waals surface area contributed by atoms with E-state index in [9.17, 15) is 118 Å². The van der Waals surface area contributed by atoms with Crippen LogP contribution in [0.3, 0.4) is 0 Å². The lowest BCUT2D eigenvalue weighted by Crippen LogP contribution is -2.70. The SMILES string of the molecule is CC(=O)NC1C(OC2C(CO)OC(O)C(NC(C)=O)C2OC(C)C(=O)NC(C)C(=O)NC(CCC(=O)NC(CCCC(N)C(=O)O)C(=O)NC(C)C(=O)NC(CCCC(NC(=O)CCC(NC(=O)C(C)N)C(=O)O)C(=O)O)C(=O)O)C(=O)O)OC(CO)C(O)C1O. The molecular formula is C52H85N11O28. The van der Waals surface area contributed by atoms with Crippen LogP contribution in [0.15, 0.2) is 0 Å². The molecule has 0 radical (unpaired) electrons. The second-order valence-corrected chi connectivity index (χ2v) is 21.7. The maximum Gasteiger partial charge on any atom is 0.326 e. The molecule has 0 saturated carbocycles. The predicted octanol–water partition coefficient (Wildman–Crippen LogP) is -9.26. The zero-order chi connectivity index (χ0) is 69.3. The Balaban J connectivity index is 2.17. The van der Waals surface area contributed by atoms with Gasteiger partial charge in [-0.2, -0.15) is 0 Å². The van der Waals surface area contributed by atoms with Crippen molar-refractivity contribution >= 4 is 83.0 Å². The van der Waals surface area contributed by atoms with Gasteiger partial charge in [-0.1, -0.05) is 0 Å². The Kier molecular flexibility index (Phi) is 33.2. The average molecular weight is 1310 g/mol. The Bertz CT molecular complexity index is 2570. The number of aliphatic hydroxyl groups excluding tert-OH is 5. The van der Waals surface area contributed by atoms with E-state index in [1.165, 1.54) is 6.92 Å². The number of hydrogen-bond acceptors (Lipinski definition) is 25. The van der Waals surface area contributed by atoms with Gasteiger partial charge < -0.3 is 129 Å². The van der Waals surface area contributed by atoms with Crippen LogP contribution >= 0.6 is 0 Å². The quantitative estimate of drug-likeness (QED) is 0.0272. The van der Waals surface area contributed by atoms with Crippen LogP contribution in [0, 0.1) is 0 Å². The lowest BCUT2D eigenvalue weighted by atomic mass is 9.94. The number of carbonyl (C=O) groups is 14. The molecule has 20 atom stereocenters. The summed E-state index contributed by atoms with van der Waals surface area (Å²) in [4.78, 5) is 176. The van der Waals surface area contributed by atoms with E-state index < -0.39 is 257 Å². The predicted molar refractivity (Wildman–Crippen MR) is 301 cm³/mol. The molecule has 0 aromatic carbocycles. The first-order chi connectivity index (χ1) is 42.4. The highest BCUT2D eigenvalue weighted by Crippen LogP contribution is 2.31. The second-order valence-electron chi connectivity index (χ2n) is 21.7. The van der Waals surface area contributed by atoms with Gasteiger partial charge in [0.1, 0.15) is 103 Å². The smallest absolute Gasteiger partial charge is 0.326 e. The van der Waals surface area contributed by atoms with Gasteiger partial charge in [-0.05, 0) is 79.1 Å². The van der Waals surface area contributed by atoms with Gasteiger partial charge in [0, 0.05) is 26.7 Å². The van der Waals surface area contributed by atoms with Crippen LogP contribution in [-0.4, -0.2) is 269 Å². The molecule has 0 aliphatic carbocycles. The summed E-state index contributed by atoms with van der Waals surface area (Å²) >= 11 is 0. The van der Waals surface area contributed by atoms with Crippen molar-refractivity contribution in [1.29, 1.82) is 0 Å². The Labute approximate surface area is 519 Å². The molecule has 9 amide bonds. The van der Waals surface area contributed by atoms with Crippen LogP contribution in [0.5, 0.6) is 0 Å². The van der Waals surface area contributed by atoms with Crippen molar-refractivity contribution in [2.24, 2.45) is 11.5 Å². The third-order valence-electron chi connectivity index (χ3n) is 14.2. The molecule has 2 rings (SSSR count). The molecular weight excluding hydrogens is 1230 g/mol. The fourth-order valence-corrected chi connectivity index (χ4v) is 9.07. The number of carboxylic acids is 5. The molecule has 0 aromatic heterocycles. The highest BCUT2D eigenvalue weighted by Gasteiger charge is 2.53. The first-order valence-corrected chi connectivity index (χ1v) is 28.6. The van der Waals surface area contributed by atoms with E-state index in [-0.39, 0.29) is 25.7 Å². The Hall–Kier alpha value is -7.86. The normalized spacial score (nSPS) is 24.6. The van der Waals surface area contributed by atoms with E-state index >= 15 is 0 Å². The summed E-state index contributed by atoms with van der Waals surface area (Å²) in [5, 5.41) is 121. The molecule has 0 aromatic rings. The van der Waals surface area contributed by atoms with Gasteiger partial charge in [0.2, 0.25) is 53.2 Å². The lowest BCUT2D eigenvalue weighted by molar-refractivity contribution is -0.333. The fourth-order valence-electron chi connectivity index (χ4n) is 9.07. The lowest BCUT2D eigenvalue weighted by Gasteiger charge is -2.48. The van der Waals surface area contributed by atoms with Gasteiger partial charge in [0.15, 0.2) is 12.6 Å². The maximum absolute atomic E-state index is 13.6. The van der Waals surface area contributed by atoms with Gasteiger partial charge in [-0.25, -0.2) is 19.2 Å². The molecule has 2 fully saturated rings. The summed E-state index contributed by atoms with van der Waals surface area (Å²) in [6.07, 6.45) is -19.6. The van der Waals surface area contributed by atoms with Crippen LogP contribution in [-0.2, 0) is 86.1 Å². The molecule has 39 heteroatoms. The summed E-state index contributed by atoms with van der Waals surface area (Å²) in [7, 11) is 0. The summed E-state index contributed by atoms with van der Waals surface area (Å²) < 4.78 is 23.2. The minimum atomic E-state index is -1.96. The third kappa shape index (κ3) is 26.1. The van der Waals surface area contributed by atoms with Gasteiger partial charge in [-0.3, -0.25) is 47.9 Å². The van der Waals surface area contributed by atoms with Crippen molar-refractivity contribution in [1.82, 2.24) is 47.9 Å². The van der Waals surface area contributed by atoms with E-state index in [2.05, 4.69) is 47.9 Å². The van der Waals surface area contributed by atoms with E-state index in [0.717, 1.165) is 34.6 Å². The molecule has 0 spiro atoms. The summed E-state index contributed by atoms with van der Waals surface area (Å²) in [6, 6.07) is -17.1. The van der Waals surface area contributed by atoms with Crippen LogP contribution in [0.2, 0.25) is 0 Å². The van der Waals surface area contributed by atoms with E-state index in [4.69, 9.17) is 30.4 Å². The van der Waals surface area contributed by atoms with Crippen LogP contribution in [0.1, 0.15) is 106 Å². The van der Waals surface area contributed by atoms with Gasteiger partial charge >= 0.3 is 29.8 Å². The number of carboxylic acid groups (broad SMARTS) is 5. The van der Waals surface area contributed by atoms with Crippen molar-refractivity contribution in [2.45, 2.75) is 228 Å². The largest absolute Gasteiger partial charge is 0.480 e. The number of carbonyl (C=O) groups excluding carboxylic acids is 9. The number of nitrogens with two attached hydrogens (primary N) is 2. The average Bonchev–Trinajstić information content (AvgIpc) is 0.811. The highest BCUT2D eigenvalue weighted by atomic mass is 16.7. The van der Waals surface area contributed by atoms with Crippen LogP contribution in [0.4, 0.5) is 0 Å². The molecule has 516 valence electrons. The number of rotatable bonds is 39. The standard InChI is InChI=1S/C52H85N11O28/c1-19(53)41(72)61-29(49(83)84)13-16-34(69)60-27(47(79)80)11-8-12-28(48(81)82)62-43(74)21(3)56-45(76)26(10-7-9-25(54)46(77)78)59-33(68)15-14-30(50(85)86)63-42(73)20(2)55-44(75)22(4)88-40-36(58-24(6)67)51(87)89-32(18-65)39(40)91-52-35(57-23(5)66)38(71)37(70)31(17-64)90-52/h19-22,25-32,35-40,51-52,64-65,70-71,87H,7-18,53-54H2,1-6H3,(H,55,75)(H,56,76)(H,57,66)(H,58,67)(H,59,68)(H,60,69)(H,61,72)(H,62,74)(H,63,73)(H,77,78)(H,79,80)(H,81,82)(H,83,84)(H,85,86). The van der Waals surface area contributed by atoms with E-state index in [1.807, 2.05) is 0 Å². The number of nitrogens with one attached hydrogen (secondary N) is 9. The molecule has 2 aliphatic rings. The van der Waals surface area contributed by atoms with Gasteiger partial charge in [-0.15, -0.1) is 0 Å². The molecule has 0 bridgehead atoms. The number of ether oxygens (including phenoxy) is 4. The zero-order valence-corrected chi connectivity index (χ0v) is 50.5. The number of hydrogen-bond donors (Lipinski definition) is 21. The number of aliphatic carboxylic acids is 5. The maximum atomic E-state index is 13.6. The summed E-state index contributed by atoms with van der Waals surface area (Å²) in [6.45, 7) is 4.94. The second kappa shape index (κ2) is 38.1. The van der Waals surface area contributed by atoms with Crippen molar-refractivity contribution in [3.8, 4) is 0 Å². The van der Waals surface area contributed by atoms with Crippen molar-refractivity contribution < 1.29 is 137 Å². The first-order valence-electron chi connectivity index (χ1n) is 28.6. The van der Waals surface area contributed by atoms with Crippen molar-refractivity contribution in [3.05, 3.63) is 0 Å². The van der Waals surface area contributed by atoms with Crippen molar-refractivity contribution in [3.63, 3.8) is 0 Å². The van der Waals surface area contributed by atoms with Crippen molar-refractivity contribution in [2.75, 3.05) is 13.2 Å². The molecule has 2 aliphatic heterocycles. The van der Waals surface area contributed by atoms with Crippen LogP contribution in [0.25, 0.3) is 0 Å². The highest BCUT2D eigenvalue weighted by molar-refractivity contribution is 5.94. The Morgan fingerprint density at radius 3 is 1.33 bits per heavy atom. The topological polar surface area (TPSA) is 639 Å². The minimum Gasteiger partial charge on any atom is -0.480 e. The monoisotopic (exact) mass is 1310 g/mol. The molecule has 39 nitrogen and oxygen atoms in total. The first kappa shape index (κ1) is 79.2. The number of aliphatic hydroxyl groups is 5.